The summed E-state index contributed by atoms with van der Waals surface area (Å²) in [4.78, 5) is 27.3. The lowest BCUT2D eigenvalue weighted by atomic mass is 10.0. The number of carbonyl (C=O) groups is 1. The van der Waals surface area contributed by atoms with Gasteiger partial charge in [-0.15, -0.1) is 6.42 Å². The first kappa shape index (κ1) is 29.3. The zero-order chi connectivity index (χ0) is 29.0. The lowest BCUT2D eigenvalue weighted by Gasteiger charge is -2.24. The number of hydrogen-bond donors (Lipinski definition) is 2. The Kier molecular flexibility index (Phi) is 8.95. The molecule has 13 nitrogen and oxygen atoms in total. The fourth-order valence-electron chi connectivity index (χ4n) is 4.20. The maximum Gasteiger partial charge on any atom is 0.459 e. The van der Waals surface area contributed by atoms with E-state index in [4.69, 9.17) is 30.7 Å². The van der Waals surface area contributed by atoms with Gasteiger partial charge >= 0.3 is 13.7 Å². The Bertz CT molecular complexity index is 1420. The highest BCUT2D eigenvalue weighted by Gasteiger charge is 2.40. The Balaban J connectivity index is 1.53. The number of hydrogen-bond acceptors (Lipinski definition) is 11. The molecule has 1 aliphatic rings. The third kappa shape index (κ3) is 6.71. The van der Waals surface area contributed by atoms with Crippen molar-refractivity contribution >= 4 is 36.6 Å². The standard InChI is InChI=1S/C26H34N7O6P/c1-7-18-13-20(38-24(18)33-15-28-21-22(32(5)6)29-26(27)30-23(21)33)14-36-40(35,39-19-11-9-8-10-12-19)31-17(4)25(34)37-16(2)3/h1,8-12,15-18,20,24H,13-14H2,2-6H3,(H,31,35)(H2,27,29,30)/t17-,18+,20+,24-,40+/m1/s1. The minimum atomic E-state index is -4.06. The first-order chi connectivity index (χ1) is 19.0. The van der Waals surface area contributed by atoms with Crippen molar-refractivity contribution in [2.45, 2.75) is 51.7 Å². The molecule has 214 valence electrons. The first-order valence-corrected chi connectivity index (χ1v) is 14.3. The predicted octanol–water partition coefficient (Wildman–Crippen LogP) is 3.14. The lowest BCUT2D eigenvalue weighted by molar-refractivity contribution is -0.149. The summed E-state index contributed by atoms with van der Waals surface area (Å²) in [5.41, 5.74) is 6.97. The van der Waals surface area contributed by atoms with Crippen molar-refractivity contribution < 1.29 is 27.9 Å². The van der Waals surface area contributed by atoms with Crippen LogP contribution in [0.1, 0.15) is 33.4 Å². The second-order valence-corrected chi connectivity index (χ2v) is 11.5. The molecule has 0 unspecified atom stereocenters. The number of aromatic nitrogens is 4. The van der Waals surface area contributed by atoms with Crippen LogP contribution >= 0.6 is 7.75 Å². The van der Waals surface area contributed by atoms with Crippen molar-refractivity contribution in [1.82, 2.24) is 24.6 Å². The average Bonchev–Trinajstić information content (AvgIpc) is 3.50. The largest absolute Gasteiger partial charge is 0.462 e. The molecule has 0 bridgehead atoms. The van der Waals surface area contributed by atoms with Gasteiger partial charge in [-0.1, -0.05) is 24.1 Å². The summed E-state index contributed by atoms with van der Waals surface area (Å²) in [7, 11) is -0.402. The quantitative estimate of drug-likeness (QED) is 0.197. The van der Waals surface area contributed by atoms with Crippen LogP contribution < -0.4 is 20.2 Å². The molecule has 3 heterocycles. The molecule has 40 heavy (non-hydrogen) atoms. The fourth-order valence-corrected chi connectivity index (χ4v) is 5.72. The summed E-state index contributed by atoms with van der Waals surface area (Å²) >= 11 is 0. The van der Waals surface area contributed by atoms with Gasteiger partial charge in [0.05, 0.1) is 31.1 Å². The molecule has 2 aromatic heterocycles. The van der Waals surface area contributed by atoms with Crippen LogP contribution in [0.5, 0.6) is 5.75 Å². The summed E-state index contributed by atoms with van der Waals surface area (Å²) in [6.45, 7) is 4.83. The van der Waals surface area contributed by atoms with Crippen molar-refractivity contribution in [2.24, 2.45) is 5.92 Å². The smallest absolute Gasteiger partial charge is 0.459 e. The zero-order valence-electron chi connectivity index (χ0n) is 23.1. The van der Waals surface area contributed by atoms with E-state index in [0.29, 0.717) is 29.2 Å². The summed E-state index contributed by atoms with van der Waals surface area (Å²) in [6.07, 6.45) is 6.31. The maximum atomic E-state index is 13.8. The number of benzene rings is 1. The number of terminal acetylenes is 1. The highest BCUT2D eigenvalue weighted by atomic mass is 31.2. The van der Waals surface area contributed by atoms with Gasteiger partial charge in [-0.05, 0) is 39.3 Å². The van der Waals surface area contributed by atoms with Crippen LogP contribution in [0.3, 0.4) is 0 Å². The second kappa shape index (κ2) is 12.2. The number of para-hydroxylation sites is 1. The Labute approximate surface area is 233 Å². The molecule has 0 radical (unpaired) electrons. The van der Waals surface area contributed by atoms with Gasteiger partial charge in [-0.3, -0.25) is 13.9 Å². The normalized spacial score (nSPS) is 21.1. The minimum absolute atomic E-state index is 0.0864. The Morgan fingerprint density at radius 2 is 2.02 bits per heavy atom. The number of nitrogen functional groups attached to an aromatic ring is 1. The van der Waals surface area contributed by atoms with Crippen molar-refractivity contribution in [2.75, 3.05) is 31.3 Å². The number of nitrogens with two attached hydrogens (primary N) is 1. The SMILES string of the molecule is C#C[C@H]1C[C@@H](CO[P@@](=O)(N[C@H](C)C(=O)OC(C)C)Oc2ccccc2)O[C@H]1n1cnc2c(N(C)C)nc(N)nc21. The van der Waals surface area contributed by atoms with Gasteiger partial charge in [-0.2, -0.15) is 15.1 Å². The van der Waals surface area contributed by atoms with Crippen molar-refractivity contribution in [3.63, 3.8) is 0 Å². The van der Waals surface area contributed by atoms with Gasteiger partial charge in [0.15, 0.2) is 23.2 Å². The molecule has 3 aromatic rings. The number of rotatable bonds is 11. The molecule has 0 spiro atoms. The molecule has 3 N–H and O–H groups in total. The molecule has 1 saturated heterocycles. The molecular formula is C26H34N7O6P. The maximum absolute atomic E-state index is 13.8. The summed E-state index contributed by atoms with van der Waals surface area (Å²) in [5, 5.41) is 2.67. The molecule has 0 amide bonds. The van der Waals surface area contributed by atoms with E-state index in [1.165, 1.54) is 6.92 Å². The monoisotopic (exact) mass is 571 g/mol. The van der Waals surface area contributed by atoms with Crippen LogP contribution in [-0.4, -0.2) is 64.4 Å². The fraction of sp³-hybridized carbons (Fsp3) is 0.462. The van der Waals surface area contributed by atoms with Gasteiger partial charge in [0.25, 0.3) is 0 Å². The van der Waals surface area contributed by atoms with E-state index in [1.54, 1.807) is 60.0 Å². The van der Waals surface area contributed by atoms with Crippen LogP contribution in [0.15, 0.2) is 36.7 Å². The average molecular weight is 572 g/mol. The van der Waals surface area contributed by atoms with Crippen LogP contribution in [0, 0.1) is 18.3 Å². The Morgan fingerprint density at radius 1 is 1.30 bits per heavy atom. The topological polar surface area (TPSA) is 156 Å². The zero-order valence-corrected chi connectivity index (χ0v) is 23.9. The van der Waals surface area contributed by atoms with E-state index in [1.807, 2.05) is 14.1 Å². The van der Waals surface area contributed by atoms with E-state index in [0.717, 1.165) is 0 Å². The van der Waals surface area contributed by atoms with E-state index in [9.17, 15) is 9.36 Å². The molecular weight excluding hydrogens is 537 g/mol. The van der Waals surface area contributed by atoms with Gasteiger partial charge in [0.2, 0.25) is 5.95 Å². The van der Waals surface area contributed by atoms with Crippen LogP contribution in [0.4, 0.5) is 11.8 Å². The van der Waals surface area contributed by atoms with Gasteiger partial charge < -0.3 is 24.6 Å². The highest BCUT2D eigenvalue weighted by molar-refractivity contribution is 7.52. The van der Waals surface area contributed by atoms with Crippen molar-refractivity contribution in [3.8, 4) is 18.1 Å². The molecule has 14 heteroatoms. The number of anilines is 2. The third-order valence-electron chi connectivity index (χ3n) is 5.98. The summed E-state index contributed by atoms with van der Waals surface area (Å²) in [6, 6.07) is 7.54. The van der Waals surface area contributed by atoms with E-state index >= 15 is 0 Å². The molecule has 1 aliphatic heterocycles. The molecule has 1 aromatic carbocycles. The van der Waals surface area contributed by atoms with E-state index < -0.39 is 32.1 Å². The number of nitrogens with zero attached hydrogens (tertiary/aromatic N) is 5. The molecule has 1 fully saturated rings. The van der Waals surface area contributed by atoms with E-state index in [-0.39, 0.29) is 24.6 Å². The van der Waals surface area contributed by atoms with Gasteiger partial charge in [0, 0.05) is 14.1 Å². The van der Waals surface area contributed by atoms with Crippen molar-refractivity contribution in [3.05, 3.63) is 36.7 Å². The molecule has 4 rings (SSSR count). The van der Waals surface area contributed by atoms with Gasteiger partial charge in [0.1, 0.15) is 11.8 Å². The van der Waals surface area contributed by atoms with Crippen LogP contribution in [-0.2, 0) is 23.4 Å². The Hall–Kier alpha value is -3.69. The second-order valence-electron chi connectivity index (χ2n) is 9.82. The van der Waals surface area contributed by atoms with Crippen LogP contribution in [0.2, 0.25) is 0 Å². The molecule has 0 aliphatic carbocycles. The molecule has 5 atom stereocenters. The number of carbonyl (C=O) groups excluding carboxylic acids is 1. The number of ether oxygens (including phenoxy) is 2. The predicted molar refractivity (Wildman–Crippen MR) is 149 cm³/mol. The lowest BCUT2D eigenvalue weighted by Crippen LogP contribution is -2.36. The van der Waals surface area contributed by atoms with Crippen LogP contribution in [0.25, 0.3) is 11.2 Å². The summed E-state index contributed by atoms with van der Waals surface area (Å²) < 4.78 is 38.5. The summed E-state index contributed by atoms with van der Waals surface area (Å²) in [5.74, 6) is 2.75. The van der Waals surface area contributed by atoms with Crippen molar-refractivity contribution in [1.29, 1.82) is 0 Å². The first-order valence-electron chi connectivity index (χ1n) is 12.8. The number of nitrogens with one attached hydrogen (secondary N) is 1. The highest BCUT2D eigenvalue weighted by Crippen LogP contribution is 2.46. The van der Waals surface area contributed by atoms with E-state index in [2.05, 4.69) is 26.0 Å². The Morgan fingerprint density at radius 3 is 2.67 bits per heavy atom. The minimum Gasteiger partial charge on any atom is -0.462 e. The van der Waals surface area contributed by atoms with Gasteiger partial charge in [-0.25, -0.2) is 9.55 Å². The number of fused-ring (bicyclic) bond motifs is 1. The number of esters is 1. The third-order valence-corrected chi connectivity index (χ3v) is 7.63. The molecule has 0 saturated carbocycles. The number of imidazole rings is 1.